The molecule has 3 rings (SSSR count). The van der Waals surface area contributed by atoms with E-state index in [1.807, 2.05) is 0 Å². The van der Waals surface area contributed by atoms with E-state index in [0.29, 0.717) is 12.1 Å². The SMILES string of the molecule is CCCCCCCCNC(=O)Oc1ccc(OC(F)(F)F)c(-c2cncc(-c3nnco3)c2)c1. The summed E-state index contributed by atoms with van der Waals surface area (Å²) < 4.78 is 53.4. The van der Waals surface area contributed by atoms with Crippen LogP contribution in [0.1, 0.15) is 45.4 Å². The van der Waals surface area contributed by atoms with Crippen LogP contribution in [0.25, 0.3) is 22.6 Å². The Hall–Kier alpha value is -3.63. The molecule has 0 aliphatic carbocycles. The maximum atomic E-state index is 13.0. The van der Waals surface area contributed by atoms with Gasteiger partial charge in [0, 0.05) is 30.1 Å². The summed E-state index contributed by atoms with van der Waals surface area (Å²) in [6.07, 6.45) is 4.73. The van der Waals surface area contributed by atoms with Crippen molar-refractivity contribution in [1.29, 1.82) is 0 Å². The molecule has 0 unspecified atom stereocenters. The highest BCUT2D eigenvalue weighted by Crippen LogP contribution is 2.37. The highest BCUT2D eigenvalue weighted by molar-refractivity contribution is 5.76. The topological polar surface area (TPSA) is 99.4 Å². The van der Waals surface area contributed by atoms with Gasteiger partial charge in [0.25, 0.3) is 0 Å². The molecule has 182 valence electrons. The molecule has 0 spiro atoms. The van der Waals surface area contributed by atoms with Crippen molar-refractivity contribution in [3.63, 3.8) is 0 Å². The van der Waals surface area contributed by atoms with Gasteiger partial charge in [-0.3, -0.25) is 4.98 Å². The average molecular weight is 478 g/mol. The van der Waals surface area contributed by atoms with Gasteiger partial charge in [-0.15, -0.1) is 23.4 Å². The van der Waals surface area contributed by atoms with Crippen LogP contribution in [0.4, 0.5) is 18.0 Å². The van der Waals surface area contributed by atoms with Crippen molar-refractivity contribution in [2.24, 2.45) is 0 Å². The summed E-state index contributed by atoms with van der Waals surface area (Å²) in [5, 5.41) is 10.0. The molecule has 1 amide bonds. The molecule has 3 aromatic rings. The lowest BCUT2D eigenvalue weighted by molar-refractivity contribution is -0.274. The number of benzene rings is 1. The van der Waals surface area contributed by atoms with E-state index in [1.54, 1.807) is 0 Å². The number of hydrogen-bond donors (Lipinski definition) is 1. The number of nitrogens with one attached hydrogen (secondary N) is 1. The Bertz CT molecular complexity index is 1060. The van der Waals surface area contributed by atoms with Crippen LogP contribution in [0.2, 0.25) is 0 Å². The van der Waals surface area contributed by atoms with Gasteiger partial charge in [0.15, 0.2) is 0 Å². The first-order valence-corrected chi connectivity index (χ1v) is 10.9. The van der Waals surface area contributed by atoms with Crippen LogP contribution < -0.4 is 14.8 Å². The smallest absolute Gasteiger partial charge is 0.423 e. The third kappa shape index (κ3) is 7.75. The molecule has 1 aromatic carbocycles. The van der Waals surface area contributed by atoms with E-state index in [2.05, 4.69) is 32.2 Å². The number of carbonyl (C=O) groups excluding carboxylic acids is 1. The largest absolute Gasteiger partial charge is 0.573 e. The van der Waals surface area contributed by atoms with Crippen LogP contribution in [0.15, 0.2) is 47.5 Å². The van der Waals surface area contributed by atoms with E-state index in [1.165, 1.54) is 43.4 Å². The Morgan fingerprint density at radius 1 is 1.06 bits per heavy atom. The van der Waals surface area contributed by atoms with E-state index >= 15 is 0 Å². The molecule has 1 N–H and O–H groups in total. The Labute approximate surface area is 194 Å². The number of unbranched alkanes of at least 4 members (excludes halogenated alkanes) is 5. The van der Waals surface area contributed by atoms with E-state index in [4.69, 9.17) is 9.15 Å². The van der Waals surface area contributed by atoms with Crippen LogP contribution >= 0.6 is 0 Å². The number of amides is 1. The molecule has 0 saturated heterocycles. The highest BCUT2D eigenvalue weighted by Gasteiger charge is 2.32. The summed E-state index contributed by atoms with van der Waals surface area (Å²) in [4.78, 5) is 16.2. The number of pyridine rings is 1. The number of aromatic nitrogens is 3. The zero-order valence-electron chi connectivity index (χ0n) is 18.6. The number of hydrogen-bond acceptors (Lipinski definition) is 7. The molecule has 0 fully saturated rings. The molecule has 0 saturated carbocycles. The van der Waals surface area contributed by atoms with Crippen LogP contribution in [-0.2, 0) is 0 Å². The molecule has 34 heavy (non-hydrogen) atoms. The predicted molar refractivity (Wildman–Crippen MR) is 117 cm³/mol. The number of alkyl halides is 3. The Morgan fingerprint density at radius 2 is 1.82 bits per heavy atom. The standard InChI is InChI=1S/C23H25F3N4O4/c1-2-3-4-5-6-7-10-28-22(31)33-18-8-9-20(34-23(24,25)26)19(12-18)16-11-17(14-27-13-16)21-30-29-15-32-21/h8-9,11-15H,2-7,10H2,1H3,(H,28,31). The number of carbonyl (C=O) groups is 1. The molecular weight excluding hydrogens is 453 g/mol. The lowest BCUT2D eigenvalue weighted by Gasteiger charge is -2.15. The van der Waals surface area contributed by atoms with Gasteiger partial charge in [0.1, 0.15) is 11.5 Å². The molecule has 0 bridgehead atoms. The van der Waals surface area contributed by atoms with Crippen molar-refractivity contribution < 1.29 is 31.9 Å². The number of nitrogens with zero attached hydrogens (tertiary/aromatic N) is 3. The van der Waals surface area contributed by atoms with E-state index in [0.717, 1.165) is 38.1 Å². The van der Waals surface area contributed by atoms with Gasteiger partial charge in [0.2, 0.25) is 12.3 Å². The van der Waals surface area contributed by atoms with Gasteiger partial charge >= 0.3 is 12.5 Å². The fourth-order valence-electron chi connectivity index (χ4n) is 3.25. The van der Waals surface area contributed by atoms with Crippen molar-refractivity contribution in [3.8, 4) is 34.1 Å². The van der Waals surface area contributed by atoms with Gasteiger partial charge in [-0.1, -0.05) is 39.0 Å². The molecule has 0 radical (unpaired) electrons. The zero-order chi connectivity index (χ0) is 24.4. The van der Waals surface area contributed by atoms with Crippen molar-refractivity contribution in [2.45, 2.75) is 51.8 Å². The first-order chi connectivity index (χ1) is 16.4. The molecule has 0 atom stereocenters. The fourth-order valence-corrected chi connectivity index (χ4v) is 3.25. The monoisotopic (exact) mass is 478 g/mol. The number of ether oxygens (including phenoxy) is 2. The average Bonchev–Trinajstić information content (AvgIpc) is 3.34. The fraction of sp³-hybridized carbons (Fsp3) is 0.391. The molecule has 8 nitrogen and oxygen atoms in total. The van der Waals surface area contributed by atoms with Crippen molar-refractivity contribution in [2.75, 3.05) is 6.54 Å². The van der Waals surface area contributed by atoms with E-state index < -0.39 is 18.2 Å². The Balaban J connectivity index is 1.73. The molecule has 2 heterocycles. The summed E-state index contributed by atoms with van der Waals surface area (Å²) in [5.74, 6) is -0.279. The summed E-state index contributed by atoms with van der Waals surface area (Å²) in [6.45, 7) is 2.59. The molecular formula is C23H25F3N4O4. The van der Waals surface area contributed by atoms with Gasteiger partial charge in [-0.2, -0.15) is 0 Å². The van der Waals surface area contributed by atoms with Gasteiger partial charge in [0.05, 0.1) is 5.56 Å². The third-order valence-corrected chi connectivity index (χ3v) is 4.84. The maximum absolute atomic E-state index is 13.0. The predicted octanol–water partition coefficient (Wildman–Crippen LogP) is 6.15. The second-order valence-electron chi connectivity index (χ2n) is 7.50. The molecule has 0 aliphatic heterocycles. The second-order valence-corrected chi connectivity index (χ2v) is 7.50. The second kappa shape index (κ2) is 12.0. The minimum Gasteiger partial charge on any atom is -0.423 e. The highest BCUT2D eigenvalue weighted by atomic mass is 19.4. The van der Waals surface area contributed by atoms with Gasteiger partial charge in [-0.05, 0) is 30.7 Å². The summed E-state index contributed by atoms with van der Waals surface area (Å²) in [6, 6.07) is 5.10. The molecule has 0 aliphatic rings. The van der Waals surface area contributed by atoms with E-state index in [-0.39, 0.29) is 22.8 Å². The third-order valence-electron chi connectivity index (χ3n) is 4.84. The van der Waals surface area contributed by atoms with Crippen molar-refractivity contribution in [3.05, 3.63) is 43.1 Å². The minimum absolute atomic E-state index is 0.0208. The summed E-state index contributed by atoms with van der Waals surface area (Å²) in [5.41, 5.74) is 0.691. The zero-order valence-corrected chi connectivity index (χ0v) is 18.6. The number of halogens is 3. The lowest BCUT2D eigenvalue weighted by atomic mass is 10.0. The van der Waals surface area contributed by atoms with Gasteiger partial charge in [-0.25, -0.2) is 4.79 Å². The molecule has 2 aromatic heterocycles. The van der Waals surface area contributed by atoms with Crippen molar-refractivity contribution in [1.82, 2.24) is 20.5 Å². The summed E-state index contributed by atoms with van der Waals surface area (Å²) in [7, 11) is 0. The Kier molecular flexibility index (Phi) is 8.83. The lowest BCUT2D eigenvalue weighted by Crippen LogP contribution is -2.27. The van der Waals surface area contributed by atoms with Crippen LogP contribution in [0.3, 0.4) is 0 Å². The quantitative estimate of drug-likeness (QED) is 0.330. The van der Waals surface area contributed by atoms with E-state index in [9.17, 15) is 18.0 Å². The van der Waals surface area contributed by atoms with Crippen LogP contribution in [0, 0.1) is 0 Å². The molecule has 11 heteroatoms. The van der Waals surface area contributed by atoms with Crippen LogP contribution in [-0.4, -0.2) is 34.2 Å². The normalized spacial score (nSPS) is 11.3. The van der Waals surface area contributed by atoms with Crippen molar-refractivity contribution >= 4 is 6.09 Å². The first-order valence-electron chi connectivity index (χ1n) is 10.9. The van der Waals surface area contributed by atoms with Crippen LogP contribution in [0.5, 0.6) is 11.5 Å². The minimum atomic E-state index is -4.91. The summed E-state index contributed by atoms with van der Waals surface area (Å²) >= 11 is 0. The maximum Gasteiger partial charge on any atom is 0.573 e. The first kappa shape index (κ1) is 25.0. The number of rotatable bonds is 11. The Morgan fingerprint density at radius 3 is 2.56 bits per heavy atom. The van der Waals surface area contributed by atoms with Gasteiger partial charge < -0.3 is 19.2 Å².